The molecule has 3 rings (SSSR count). The molecule has 4 N–H and O–H groups in total. The van der Waals surface area contributed by atoms with Crippen molar-refractivity contribution in [2.24, 2.45) is 7.05 Å². The molecule has 0 bridgehead atoms. The van der Waals surface area contributed by atoms with Crippen LogP contribution in [0.25, 0.3) is 21.9 Å². The number of nitrogen functional groups attached to an aromatic ring is 2. The second-order valence-electron chi connectivity index (χ2n) is 4.41. The minimum atomic E-state index is -0.232. The number of para-hydroxylation sites is 1. The van der Waals surface area contributed by atoms with Crippen molar-refractivity contribution in [3.05, 3.63) is 28.4 Å². The van der Waals surface area contributed by atoms with Crippen LogP contribution in [0.15, 0.2) is 23.0 Å². The number of nitrogens with zero attached hydrogens (tertiary/aromatic N) is 3. The van der Waals surface area contributed by atoms with Gasteiger partial charge in [-0.1, -0.05) is 6.07 Å². The first-order valence-electron chi connectivity index (χ1n) is 5.93. The van der Waals surface area contributed by atoms with E-state index in [9.17, 15) is 4.79 Å². The van der Waals surface area contributed by atoms with E-state index in [0.717, 1.165) is 0 Å². The lowest BCUT2D eigenvalue weighted by molar-refractivity contribution is 0.418. The zero-order chi connectivity index (χ0) is 14.4. The van der Waals surface area contributed by atoms with Crippen LogP contribution in [0.4, 0.5) is 11.8 Å². The van der Waals surface area contributed by atoms with Gasteiger partial charge in [0.15, 0.2) is 5.65 Å². The lowest BCUT2D eigenvalue weighted by Gasteiger charge is -2.13. The summed E-state index contributed by atoms with van der Waals surface area (Å²) in [6, 6.07) is 5.25. The Morgan fingerprint density at radius 3 is 2.70 bits per heavy atom. The standard InChI is InChI=1S/C13H13N5O2/c1-18-9-6(4-3-5-7(9)20-2)10(19)8-11(14)16-13(15)17-12(8)18/h3-5H,1-2H3,(H4,14,15,16,17). The quantitative estimate of drug-likeness (QED) is 0.629. The van der Waals surface area contributed by atoms with Crippen LogP contribution in [0.5, 0.6) is 5.75 Å². The predicted octanol–water partition coefficient (Wildman–Crippen LogP) is 0.655. The molecule has 1 aromatic carbocycles. The molecule has 0 radical (unpaired) electrons. The fourth-order valence-corrected chi connectivity index (χ4v) is 2.40. The van der Waals surface area contributed by atoms with Gasteiger partial charge in [0.25, 0.3) is 0 Å². The van der Waals surface area contributed by atoms with Gasteiger partial charge in [-0.05, 0) is 12.1 Å². The van der Waals surface area contributed by atoms with Crippen molar-refractivity contribution in [1.82, 2.24) is 14.5 Å². The third kappa shape index (κ3) is 1.49. The monoisotopic (exact) mass is 271 g/mol. The summed E-state index contributed by atoms with van der Waals surface area (Å²) in [6.45, 7) is 0. The number of hydrogen-bond acceptors (Lipinski definition) is 6. The van der Waals surface area contributed by atoms with Gasteiger partial charge < -0.3 is 20.8 Å². The summed E-state index contributed by atoms with van der Waals surface area (Å²) in [5.41, 5.74) is 12.2. The van der Waals surface area contributed by atoms with Crippen molar-refractivity contribution in [2.45, 2.75) is 0 Å². The number of aromatic nitrogens is 3. The molecule has 0 aliphatic carbocycles. The van der Waals surface area contributed by atoms with Crippen molar-refractivity contribution < 1.29 is 4.74 Å². The Morgan fingerprint density at radius 1 is 1.25 bits per heavy atom. The van der Waals surface area contributed by atoms with Crippen LogP contribution in [0.2, 0.25) is 0 Å². The van der Waals surface area contributed by atoms with Crippen molar-refractivity contribution in [1.29, 1.82) is 0 Å². The van der Waals surface area contributed by atoms with E-state index in [1.54, 1.807) is 36.9 Å². The topological polar surface area (TPSA) is 109 Å². The molecule has 0 aliphatic heterocycles. The molecule has 0 unspecified atom stereocenters. The summed E-state index contributed by atoms with van der Waals surface area (Å²) in [6.07, 6.45) is 0. The lowest BCUT2D eigenvalue weighted by Crippen LogP contribution is -2.15. The maximum atomic E-state index is 12.6. The molecule has 7 nitrogen and oxygen atoms in total. The highest BCUT2D eigenvalue weighted by Gasteiger charge is 2.16. The van der Waals surface area contributed by atoms with Gasteiger partial charge in [-0.25, -0.2) is 0 Å². The number of hydrogen-bond donors (Lipinski definition) is 2. The number of benzene rings is 1. The molecular formula is C13H13N5O2. The summed E-state index contributed by atoms with van der Waals surface area (Å²) in [5.74, 6) is 0.692. The molecule has 20 heavy (non-hydrogen) atoms. The number of methoxy groups -OCH3 is 1. The van der Waals surface area contributed by atoms with Crippen LogP contribution >= 0.6 is 0 Å². The Labute approximate surface area is 113 Å². The van der Waals surface area contributed by atoms with E-state index in [1.807, 2.05) is 0 Å². The summed E-state index contributed by atoms with van der Waals surface area (Å²) in [4.78, 5) is 20.5. The molecule has 102 valence electrons. The number of anilines is 2. The predicted molar refractivity (Wildman–Crippen MR) is 77.7 cm³/mol. The molecule has 0 saturated heterocycles. The summed E-state index contributed by atoms with van der Waals surface area (Å²) < 4.78 is 7.04. The smallest absolute Gasteiger partial charge is 0.223 e. The third-order valence-corrected chi connectivity index (χ3v) is 3.28. The van der Waals surface area contributed by atoms with Crippen LogP contribution in [0.3, 0.4) is 0 Å². The fraction of sp³-hybridized carbons (Fsp3) is 0.154. The molecule has 7 heteroatoms. The molecule has 0 spiro atoms. The number of rotatable bonds is 1. The molecule has 0 fully saturated rings. The fourth-order valence-electron chi connectivity index (χ4n) is 2.40. The molecule has 3 aromatic rings. The van der Waals surface area contributed by atoms with Crippen molar-refractivity contribution in [2.75, 3.05) is 18.6 Å². The zero-order valence-electron chi connectivity index (χ0n) is 11.0. The average Bonchev–Trinajstić information content (AvgIpc) is 2.43. The summed E-state index contributed by atoms with van der Waals surface area (Å²) in [5, 5.41) is 0.766. The van der Waals surface area contributed by atoms with Gasteiger partial charge in [-0.2, -0.15) is 9.97 Å². The largest absolute Gasteiger partial charge is 0.495 e. The molecule has 2 heterocycles. The van der Waals surface area contributed by atoms with E-state index in [2.05, 4.69) is 9.97 Å². The average molecular weight is 271 g/mol. The Hall–Kier alpha value is -2.83. The van der Waals surface area contributed by atoms with Gasteiger partial charge in [0.1, 0.15) is 17.0 Å². The first-order valence-corrected chi connectivity index (χ1v) is 5.93. The maximum Gasteiger partial charge on any atom is 0.223 e. The number of fused-ring (bicyclic) bond motifs is 2. The highest BCUT2D eigenvalue weighted by atomic mass is 16.5. The number of ether oxygens (including phenoxy) is 1. The number of aryl methyl sites for hydroxylation is 1. The molecule has 2 aromatic heterocycles. The van der Waals surface area contributed by atoms with Crippen molar-refractivity contribution >= 4 is 33.7 Å². The SMILES string of the molecule is COc1cccc2c(=O)c3c(N)nc(N)nc3n(C)c12. The normalized spacial score (nSPS) is 11.1. The Kier molecular flexibility index (Phi) is 2.50. The Morgan fingerprint density at radius 2 is 2.00 bits per heavy atom. The van der Waals surface area contributed by atoms with E-state index in [4.69, 9.17) is 16.2 Å². The Bertz CT molecular complexity index is 901. The second kappa shape index (κ2) is 4.09. The maximum absolute atomic E-state index is 12.6. The van der Waals surface area contributed by atoms with E-state index in [1.165, 1.54) is 0 Å². The van der Waals surface area contributed by atoms with E-state index in [0.29, 0.717) is 22.3 Å². The third-order valence-electron chi connectivity index (χ3n) is 3.28. The van der Waals surface area contributed by atoms with Gasteiger partial charge in [0.2, 0.25) is 11.4 Å². The Balaban J connectivity index is 2.69. The van der Waals surface area contributed by atoms with Crippen LogP contribution in [0, 0.1) is 0 Å². The zero-order valence-corrected chi connectivity index (χ0v) is 11.0. The second-order valence-corrected chi connectivity index (χ2v) is 4.41. The highest BCUT2D eigenvalue weighted by Crippen LogP contribution is 2.27. The van der Waals surface area contributed by atoms with Gasteiger partial charge in [-0.15, -0.1) is 0 Å². The van der Waals surface area contributed by atoms with Crippen LogP contribution in [-0.4, -0.2) is 21.6 Å². The van der Waals surface area contributed by atoms with Gasteiger partial charge in [0.05, 0.1) is 18.0 Å². The van der Waals surface area contributed by atoms with Crippen LogP contribution < -0.4 is 21.6 Å². The molecule has 0 aliphatic rings. The minimum absolute atomic E-state index is 0.0271. The first-order chi connectivity index (χ1) is 9.54. The summed E-state index contributed by atoms with van der Waals surface area (Å²) >= 11 is 0. The van der Waals surface area contributed by atoms with Crippen molar-refractivity contribution in [3.8, 4) is 5.75 Å². The minimum Gasteiger partial charge on any atom is -0.495 e. The van der Waals surface area contributed by atoms with Crippen molar-refractivity contribution in [3.63, 3.8) is 0 Å². The molecular weight excluding hydrogens is 258 g/mol. The van der Waals surface area contributed by atoms with Gasteiger partial charge in [-0.3, -0.25) is 4.79 Å². The summed E-state index contributed by atoms with van der Waals surface area (Å²) in [7, 11) is 3.32. The molecule has 0 amide bonds. The van der Waals surface area contributed by atoms with E-state index < -0.39 is 0 Å². The van der Waals surface area contributed by atoms with Gasteiger partial charge in [0, 0.05) is 7.05 Å². The van der Waals surface area contributed by atoms with E-state index in [-0.39, 0.29) is 22.6 Å². The molecule has 0 atom stereocenters. The van der Waals surface area contributed by atoms with E-state index >= 15 is 0 Å². The number of pyridine rings is 1. The van der Waals surface area contributed by atoms with Crippen LogP contribution in [-0.2, 0) is 7.05 Å². The first kappa shape index (κ1) is 12.2. The molecule has 0 saturated carbocycles. The van der Waals surface area contributed by atoms with Gasteiger partial charge >= 0.3 is 0 Å². The lowest BCUT2D eigenvalue weighted by atomic mass is 10.1. The highest BCUT2D eigenvalue weighted by molar-refractivity contribution is 5.98. The van der Waals surface area contributed by atoms with Crippen LogP contribution in [0.1, 0.15) is 0 Å². The number of nitrogens with two attached hydrogens (primary N) is 2.